The van der Waals surface area contributed by atoms with Crippen LogP contribution in [0.2, 0.25) is 0 Å². The van der Waals surface area contributed by atoms with Crippen LogP contribution in [0.1, 0.15) is 11.4 Å². The van der Waals surface area contributed by atoms with Crippen molar-refractivity contribution in [3.05, 3.63) is 23.8 Å². The van der Waals surface area contributed by atoms with Crippen LogP contribution in [0.4, 0.5) is 0 Å². The molecule has 4 heteroatoms. The van der Waals surface area contributed by atoms with E-state index >= 15 is 0 Å². The zero-order valence-corrected chi connectivity index (χ0v) is 5.83. The maximum absolute atomic E-state index is 5.09. The summed E-state index contributed by atoms with van der Waals surface area (Å²) in [7, 11) is 0. The summed E-state index contributed by atoms with van der Waals surface area (Å²) in [6, 6.07) is 0. The first-order chi connectivity index (χ1) is 4.83. The van der Waals surface area contributed by atoms with Gasteiger partial charge >= 0.3 is 0 Å². The molecule has 0 aliphatic carbocycles. The highest BCUT2D eigenvalue weighted by atomic mass is 15.2. The van der Waals surface area contributed by atoms with E-state index in [0.29, 0.717) is 6.54 Å². The first-order valence-electron chi connectivity index (χ1n) is 3.04. The lowest BCUT2D eigenvalue weighted by molar-refractivity contribution is 0.733. The number of nitrogens with two attached hydrogens (primary N) is 1. The summed E-state index contributed by atoms with van der Waals surface area (Å²) in [6.45, 7) is 2.46. The van der Waals surface area contributed by atoms with Crippen LogP contribution in [0, 0.1) is 6.92 Å². The third-order valence-electron chi connectivity index (χ3n) is 1.14. The summed E-state index contributed by atoms with van der Waals surface area (Å²) in [5.74, 6) is 5.87. The zero-order chi connectivity index (χ0) is 7.40. The molecule has 10 heavy (non-hydrogen) atoms. The number of nitrogens with one attached hydrogen (secondary N) is 1. The summed E-state index contributed by atoms with van der Waals surface area (Å²) in [4.78, 5) is 7.98. The molecule has 0 atom stereocenters. The van der Waals surface area contributed by atoms with E-state index in [9.17, 15) is 0 Å². The molecular weight excluding hydrogens is 128 g/mol. The number of aromatic nitrogens is 2. The highest BCUT2D eigenvalue weighted by Crippen LogP contribution is 1.92. The van der Waals surface area contributed by atoms with Crippen molar-refractivity contribution in [1.29, 1.82) is 0 Å². The van der Waals surface area contributed by atoms with E-state index in [-0.39, 0.29) is 0 Å². The monoisotopic (exact) mass is 138 g/mol. The Labute approximate surface area is 59.5 Å². The van der Waals surface area contributed by atoms with Gasteiger partial charge in [0.15, 0.2) is 0 Å². The second kappa shape index (κ2) is 3.24. The summed E-state index contributed by atoms with van der Waals surface area (Å²) in [6.07, 6.45) is 3.50. The third-order valence-corrected chi connectivity index (χ3v) is 1.14. The maximum Gasteiger partial charge on any atom is 0.125 e. The summed E-state index contributed by atoms with van der Waals surface area (Å²) in [5, 5.41) is 0. The standard InChI is InChI=1S/C6H10N4/c1-5-8-2-6(3-9-5)4-10-7/h2-3,10H,4,7H2,1H3. The van der Waals surface area contributed by atoms with Crippen LogP contribution in [-0.2, 0) is 6.54 Å². The molecule has 0 unspecified atom stereocenters. The van der Waals surface area contributed by atoms with Crippen molar-refractivity contribution in [3.63, 3.8) is 0 Å². The molecule has 54 valence electrons. The van der Waals surface area contributed by atoms with Crippen molar-refractivity contribution in [3.8, 4) is 0 Å². The molecule has 0 aromatic carbocycles. The van der Waals surface area contributed by atoms with Crippen LogP contribution >= 0.6 is 0 Å². The van der Waals surface area contributed by atoms with Crippen molar-refractivity contribution in [2.45, 2.75) is 13.5 Å². The van der Waals surface area contributed by atoms with Gasteiger partial charge in [0.1, 0.15) is 5.82 Å². The van der Waals surface area contributed by atoms with Crippen molar-refractivity contribution in [2.24, 2.45) is 5.84 Å². The number of rotatable bonds is 2. The molecule has 0 spiro atoms. The SMILES string of the molecule is Cc1ncc(CNN)cn1. The molecule has 0 bridgehead atoms. The Bertz CT molecular complexity index is 193. The van der Waals surface area contributed by atoms with E-state index in [1.54, 1.807) is 12.4 Å². The molecular formula is C6H10N4. The number of nitrogens with zero attached hydrogens (tertiary/aromatic N) is 2. The lowest BCUT2D eigenvalue weighted by Crippen LogP contribution is -2.21. The van der Waals surface area contributed by atoms with E-state index in [0.717, 1.165) is 11.4 Å². The second-order valence-corrected chi connectivity index (χ2v) is 2.02. The first-order valence-corrected chi connectivity index (χ1v) is 3.04. The highest BCUT2D eigenvalue weighted by Gasteiger charge is 1.90. The van der Waals surface area contributed by atoms with Gasteiger partial charge in [0.25, 0.3) is 0 Å². The average molecular weight is 138 g/mol. The number of aryl methyl sites for hydroxylation is 1. The van der Waals surface area contributed by atoms with Gasteiger partial charge in [0.05, 0.1) is 0 Å². The van der Waals surface area contributed by atoms with Crippen LogP contribution in [0.3, 0.4) is 0 Å². The second-order valence-electron chi connectivity index (χ2n) is 2.02. The van der Waals surface area contributed by atoms with Gasteiger partial charge < -0.3 is 0 Å². The molecule has 0 aliphatic rings. The minimum Gasteiger partial charge on any atom is -0.271 e. The summed E-state index contributed by atoms with van der Waals surface area (Å²) < 4.78 is 0. The lowest BCUT2D eigenvalue weighted by atomic mass is 10.3. The molecule has 4 nitrogen and oxygen atoms in total. The van der Waals surface area contributed by atoms with Crippen LogP contribution < -0.4 is 11.3 Å². The predicted molar refractivity (Wildman–Crippen MR) is 37.8 cm³/mol. The Morgan fingerprint density at radius 2 is 2.10 bits per heavy atom. The summed E-state index contributed by atoms with van der Waals surface area (Å²) in [5.41, 5.74) is 3.52. The van der Waals surface area contributed by atoms with E-state index < -0.39 is 0 Å². The van der Waals surface area contributed by atoms with Crippen molar-refractivity contribution in [2.75, 3.05) is 0 Å². The van der Waals surface area contributed by atoms with E-state index in [4.69, 9.17) is 5.84 Å². The van der Waals surface area contributed by atoms with Crippen LogP contribution in [0.15, 0.2) is 12.4 Å². The minimum atomic E-state index is 0.611. The normalized spacial score (nSPS) is 9.80. The molecule has 1 aromatic heterocycles. The Kier molecular flexibility index (Phi) is 2.30. The molecule has 0 radical (unpaired) electrons. The van der Waals surface area contributed by atoms with Crippen LogP contribution in [0.25, 0.3) is 0 Å². The average Bonchev–Trinajstić information content (AvgIpc) is 1.95. The number of hydrazine groups is 1. The first kappa shape index (κ1) is 7.11. The molecule has 1 aromatic rings. The third kappa shape index (κ3) is 1.75. The van der Waals surface area contributed by atoms with Gasteiger partial charge in [0, 0.05) is 24.5 Å². The Hall–Kier alpha value is -1.00. The highest BCUT2D eigenvalue weighted by molar-refractivity contribution is 5.03. The maximum atomic E-state index is 5.09. The van der Waals surface area contributed by atoms with Gasteiger partial charge in [-0.25, -0.2) is 9.97 Å². The van der Waals surface area contributed by atoms with Gasteiger partial charge in [0.2, 0.25) is 0 Å². The zero-order valence-electron chi connectivity index (χ0n) is 5.83. The fraction of sp³-hybridized carbons (Fsp3) is 0.333. The van der Waals surface area contributed by atoms with Crippen LogP contribution in [0.5, 0.6) is 0 Å². The van der Waals surface area contributed by atoms with E-state index in [2.05, 4.69) is 15.4 Å². The molecule has 0 amide bonds. The minimum absolute atomic E-state index is 0.611. The Morgan fingerprint density at radius 1 is 1.50 bits per heavy atom. The van der Waals surface area contributed by atoms with Gasteiger partial charge in [-0.15, -0.1) is 0 Å². The fourth-order valence-corrected chi connectivity index (χ4v) is 0.628. The lowest BCUT2D eigenvalue weighted by Gasteiger charge is -1.97. The van der Waals surface area contributed by atoms with Gasteiger partial charge in [-0.3, -0.25) is 11.3 Å². The predicted octanol–water partition coefficient (Wildman–Crippen LogP) is -0.252. The largest absolute Gasteiger partial charge is 0.271 e. The Morgan fingerprint density at radius 3 is 2.60 bits per heavy atom. The molecule has 1 rings (SSSR count). The van der Waals surface area contributed by atoms with Crippen molar-refractivity contribution < 1.29 is 0 Å². The number of hydrogen-bond donors (Lipinski definition) is 2. The van der Waals surface area contributed by atoms with Crippen LogP contribution in [-0.4, -0.2) is 9.97 Å². The van der Waals surface area contributed by atoms with Crippen molar-refractivity contribution in [1.82, 2.24) is 15.4 Å². The molecule has 0 aliphatic heterocycles. The summed E-state index contributed by atoms with van der Waals surface area (Å²) >= 11 is 0. The molecule has 0 saturated heterocycles. The topological polar surface area (TPSA) is 63.8 Å². The van der Waals surface area contributed by atoms with Gasteiger partial charge in [-0.05, 0) is 6.92 Å². The van der Waals surface area contributed by atoms with Gasteiger partial charge in [-0.2, -0.15) is 0 Å². The molecule has 0 fully saturated rings. The quantitative estimate of drug-likeness (QED) is 0.437. The molecule has 3 N–H and O–H groups in total. The fourth-order valence-electron chi connectivity index (χ4n) is 0.628. The van der Waals surface area contributed by atoms with Crippen molar-refractivity contribution >= 4 is 0 Å². The van der Waals surface area contributed by atoms with Gasteiger partial charge in [-0.1, -0.05) is 0 Å². The molecule has 0 saturated carbocycles. The van der Waals surface area contributed by atoms with E-state index in [1.165, 1.54) is 0 Å². The number of hydrogen-bond acceptors (Lipinski definition) is 4. The molecule has 1 heterocycles. The Balaban J connectivity index is 2.69. The van der Waals surface area contributed by atoms with E-state index in [1.807, 2.05) is 6.92 Å². The smallest absolute Gasteiger partial charge is 0.125 e.